The molecule has 0 radical (unpaired) electrons. The molecule has 4 heteroatoms. The topological polar surface area (TPSA) is 35.5 Å². The number of hydrogen-bond acceptors (Lipinski definition) is 4. The molecule has 0 amide bonds. The minimum absolute atomic E-state index is 0.531. The van der Waals surface area contributed by atoms with Gasteiger partial charge in [-0.1, -0.05) is 6.07 Å². The summed E-state index contributed by atoms with van der Waals surface area (Å²) in [5.41, 5.74) is 1.12. The Morgan fingerprint density at radius 1 is 1.31 bits per heavy atom. The number of carbonyl (C=O) groups excluding carboxylic acids is 1. The van der Waals surface area contributed by atoms with Gasteiger partial charge in [-0.15, -0.1) is 11.8 Å². The van der Waals surface area contributed by atoms with E-state index in [-0.39, 0.29) is 0 Å². The van der Waals surface area contributed by atoms with E-state index in [1.165, 1.54) is 0 Å². The van der Waals surface area contributed by atoms with Gasteiger partial charge in [0.25, 0.3) is 0 Å². The van der Waals surface area contributed by atoms with Crippen molar-refractivity contribution < 1.29 is 14.3 Å². The van der Waals surface area contributed by atoms with Gasteiger partial charge < -0.3 is 14.3 Å². The molecular formula is C12H16O3S. The van der Waals surface area contributed by atoms with Gasteiger partial charge in [0.2, 0.25) is 0 Å². The molecule has 0 fully saturated rings. The highest BCUT2D eigenvalue weighted by Gasteiger charge is 2.13. The minimum Gasteiger partial charge on any atom is -0.493 e. The lowest BCUT2D eigenvalue weighted by atomic mass is 10.1. The first-order valence-electron chi connectivity index (χ1n) is 5.00. The zero-order valence-electron chi connectivity index (χ0n) is 9.78. The van der Waals surface area contributed by atoms with Gasteiger partial charge in [-0.05, 0) is 24.3 Å². The molecule has 0 heterocycles. The fraction of sp³-hybridized carbons (Fsp3) is 0.417. The molecule has 88 valence electrons. The smallest absolute Gasteiger partial charge is 0.174 e. The van der Waals surface area contributed by atoms with E-state index in [9.17, 15) is 4.79 Å². The Bertz CT molecular complexity index is 364. The molecule has 1 aromatic carbocycles. The van der Waals surface area contributed by atoms with Crippen LogP contribution < -0.4 is 9.47 Å². The maximum atomic E-state index is 10.4. The average Bonchev–Trinajstić information content (AvgIpc) is 2.34. The van der Waals surface area contributed by atoms with Crippen LogP contribution in [0.5, 0.6) is 11.5 Å². The van der Waals surface area contributed by atoms with E-state index in [0.29, 0.717) is 6.42 Å². The van der Waals surface area contributed by atoms with Crippen LogP contribution >= 0.6 is 11.8 Å². The number of benzene rings is 1. The van der Waals surface area contributed by atoms with Crippen LogP contribution in [0.2, 0.25) is 0 Å². The van der Waals surface area contributed by atoms with E-state index in [4.69, 9.17) is 9.47 Å². The van der Waals surface area contributed by atoms with Crippen molar-refractivity contribution in [1.82, 2.24) is 0 Å². The summed E-state index contributed by atoms with van der Waals surface area (Å²) in [4.78, 5) is 11.4. The largest absolute Gasteiger partial charge is 0.493 e. The van der Waals surface area contributed by atoms with Crippen LogP contribution in [-0.2, 0) is 11.2 Å². The molecule has 0 saturated heterocycles. The summed E-state index contributed by atoms with van der Waals surface area (Å²) < 4.78 is 10.6. The summed E-state index contributed by atoms with van der Waals surface area (Å²) in [6.07, 6.45) is 4.19. The van der Waals surface area contributed by atoms with Crippen LogP contribution in [0, 0.1) is 0 Å². The number of aryl methyl sites for hydroxylation is 1. The molecule has 1 rings (SSSR count). The number of methoxy groups -OCH3 is 2. The zero-order valence-corrected chi connectivity index (χ0v) is 10.6. The van der Waals surface area contributed by atoms with Crippen LogP contribution in [0.4, 0.5) is 0 Å². The number of hydrogen-bond donors (Lipinski definition) is 0. The first-order chi connectivity index (χ1) is 7.78. The van der Waals surface area contributed by atoms with Gasteiger partial charge in [-0.3, -0.25) is 0 Å². The van der Waals surface area contributed by atoms with E-state index in [1.807, 2.05) is 18.4 Å². The van der Waals surface area contributed by atoms with Gasteiger partial charge in [0.05, 0.1) is 19.1 Å². The molecule has 0 aliphatic rings. The van der Waals surface area contributed by atoms with Gasteiger partial charge in [0, 0.05) is 6.42 Å². The first-order valence-corrected chi connectivity index (χ1v) is 6.22. The maximum Gasteiger partial charge on any atom is 0.174 e. The Morgan fingerprint density at radius 3 is 2.56 bits per heavy atom. The van der Waals surface area contributed by atoms with Crippen molar-refractivity contribution in [3.8, 4) is 11.5 Å². The van der Waals surface area contributed by atoms with Crippen molar-refractivity contribution in [2.24, 2.45) is 0 Å². The fourth-order valence-corrected chi connectivity index (χ4v) is 2.38. The van der Waals surface area contributed by atoms with Crippen LogP contribution in [0.3, 0.4) is 0 Å². The minimum atomic E-state index is 0.531. The van der Waals surface area contributed by atoms with Crippen molar-refractivity contribution in [2.75, 3.05) is 20.5 Å². The molecule has 0 aliphatic carbocycles. The average molecular weight is 240 g/mol. The fourth-order valence-electron chi connectivity index (χ4n) is 1.57. The monoisotopic (exact) mass is 240 g/mol. The maximum absolute atomic E-state index is 10.4. The molecular weight excluding hydrogens is 224 g/mol. The Morgan fingerprint density at radius 2 is 2.06 bits per heavy atom. The molecule has 0 bridgehead atoms. The van der Waals surface area contributed by atoms with E-state index in [0.717, 1.165) is 34.7 Å². The predicted octanol–water partition coefficient (Wildman–Crippen LogP) is 2.56. The highest BCUT2D eigenvalue weighted by atomic mass is 32.2. The molecule has 0 aromatic heterocycles. The number of thioether (sulfide) groups is 1. The zero-order chi connectivity index (χ0) is 12.0. The second-order valence-corrected chi connectivity index (χ2v) is 4.02. The highest BCUT2D eigenvalue weighted by Crippen LogP contribution is 2.39. The number of rotatable bonds is 6. The lowest BCUT2D eigenvalue weighted by molar-refractivity contribution is -0.107. The van der Waals surface area contributed by atoms with Gasteiger partial charge >= 0.3 is 0 Å². The van der Waals surface area contributed by atoms with E-state index < -0.39 is 0 Å². The lowest BCUT2D eigenvalue weighted by Crippen LogP contribution is -1.97. The van der Waals surface area contributed by atoms with Crippen LogP contribution in [0.1, 0.15) is 12.0 Å². The first kappa shape index (κ1) is 12.9. The Labute approximate surface area is 100 Å². The normalized spacial score (nSPS) is 9.94. The molecule has 0 aliphatic heterocycles. The molecule has 0 N–H and O–H groups in total. The predicted molar refractivity (Wildman–Crippen MR) is 65.7 cm³/mol. The third-order valence-electron chi connectivity index (χ3n) is 2.32. The van der Waals surface area contributed by atoms with Crippen molar-refractivity contribution >= 4 is 18.0 Å². The highest BCUT2D eigenvalue weighted by molar-refractivity contribution is 7.98. The quantitative estimate of drug-likeness (QED) is 0.565. The van der Waals surface area contributed by atoms with Crippen LogP contribution in [0.15, 0.2) is 17.0 Å². The van der Waals surface area contributed by atoms with Gasteiger partial charge in [0.15, 0.2) is 11.5 Å². The Hall–Kier alpha value is -1.16. The van der Waals surface area contributed by atoms with Crippen molar-refractivity contribution in [3.63, 3.8) is 0 Å². The lowest BCUT2D eigenvalue weighted by Gasteiger charge is -2.14. The molecule has 0 saturated carbocycles. The third kappa shape index (κ3) is 2.70. The summed E-state index contributed by atoms with van der Waals surface area (Å²) in [5, 5.41) is 0. The summed E-state index contributed by atoms with van der Waals surface area (Å²) in [5.74, 6) is 1.47. The summed E-state index contributed by atoms with van der Waals surface area (Å²) in [7, 11) is 3.24. The second kappa shape index (κ2) is 6.43. The third-order valence-corrected chi connectivity index (χ3v) is 3.17. The van der Waals surface area contributed by atoms with Crippen LogP contribution in [0.25, 0.3) is 0 Å². The van der Waals surface area contributed by atoms with Gasteiger partial charge in [0.1, 0.15) is 6.29 Å². The SMILES string of the molecule is COc1ccc(CCC=O)c(SC)c1OC. The standard InChI is InChI=1S/C12H16O3S/c1-14-10-7-6-9(5-4-8-13)12(16-3)11(10)15-2/h6-8H,4-5H2,1-3H3. The number of carbonyl (C=O) groups is 1. The summed E-state index contributed by atoms with van der Waals surface area (Å²) >= 11 is 1.61. The molecule has 3 nitrogen and oxygen atoms in total. The van der Waals surface area contributed by atoms with Crippen molar-refractivity contribution in [2.45, 2.75) is 17.7 Å². The van der Waals surface area contributed by atoms with Crippen molar-refractivity contribution in [3.05, 3.63) is 17.7 Å². The summed E-state index contributed by atoms with van der Waals surface area (Å²) in [6, 6.07) is 3.86. The van der Waals surface area contributed by atoms with Crippen LogP contribution in [-0.4, -0.2) is 26.8 Å². The van der Waals surface area contributed by atoms with Crippen molar-refractivity contribution in [1.29, 1.82) is 0 Å². The van der Waals surface area contributed by atoms with E-state index in [2.05, 4.69) is 0 Å². The van der Waals surface area contributed by atoms with Gasteiger partial charge in [-0.2, -0.15) is 0 Å². The summed E-state index contributed by atoms with van der Waals surface area (Å²) in [6.45, 7) is 0. The molecule has 16 heavy (non-hydrogen) atoms. The number of aldehydes is 1. The van der Waals surface area contributed by atoms with E-state index >= 15 is 0 Å². The molecule has 0 spiro atoms. The molecule has 1 aromatic rings. The Balaban J connectivity index is 3.14. The second-order valence-electron chi connectivity index (χ2n) is 3.20. The molecule has 0 atom stereocenters. The molecule has 0 unspecified atom stereocenters. The number of ether oxygens (including phenoxy) is 2. The van der Waals surface area contributed by atoms with E-state index in [1.54, 1.807) is 26.0 Å². The van der Waals surface area contributed by atoms with Gasteiger partial charge in [-0.25, -0.2) is 0 Å². The Kier molecular flexibility index (Phi) is 5.19.